The Bertz CT molecular complexity index is 558. The molecule has 1 aromatic carbocycles. The maximum Gasteiger partial charge on any atom is 0.119 e. The largest absolute Gasteiger partial charge is 0.491 e. The first-order chi connectivity index (χ1) is 17.9. The SMILES string of the molecule is CCc1ccc(OCCOCCOCCOCCOCCOCCOCCOCCOCCO)cc1. The number of hydrogen-bond donors (Lipinski definition) is 1. The molecule has 0 aliphatic rings. The minimum Gasteiger partial charge on any atom is -0.491 e. The molecule has 0 saturated heterocycles. The zero-order valence-electron chi connectivity index (χ0n) is 21.9. The summed E-state index contributed by atoms with van der Waals surface area (Å²) in [4.78, 5) is 0. The normalized spacial score (nSPS) is 11.3. The first-order valence-electron chi connectivity index (χ1n) is 12.8. The van der Waals surface area contributed by atoms with Crippen molar-refractivity contribution in [1.29, 1.82) is 0 Å². The second-order valence-electron chi connectivity index (χ2n) is 7.47. The van der Waals surface area contributed by atoms with Crippen molar-refractivity contribution in [2.24, 2.45) is 0 Å². The van der Waals surface area contributed by atoms with Gasteiger partial charge in [0.2, 0.25) is 0 Å². The Morgan fingerprint density at radius 3 is 1.06 bits per heavy atom. The topological polar surface area (TPSA) is 103 Å². The molecular weight excluding hydrogens is 472 g/mol. The molecular formula is C26H46O10. The predicted molar refractivity (Wildman–Crippen MR) is 135 cm³/mol. The molecule has 1 N–H and O–H groups in total. The van der Waals surface area contributed by atoms with Crippen LogP contribution in [0, 0.1) is 0 Å². The highest BCUT2D eigenvalue weighted by Gasteiger charge is 1.97. The zero-order valence-corrected chi connectivity index (χ0v) is 21.9. The molecule has 0 radical (unpaired) electrons. The molecule has 0 saturated carbocycles. The molecule has 10 nitrogen and oxygen atoms in total. The molecule has 0 spiro atoms. The summed E-state index contributed by atoms with van der Waals surface area (Å²) >= 11 is 0. The zero-order chi connectivity index (χ0) is 25.8. The monoisotopic (exact) mass is 518 g/mol. The van der Waals surface area contributed by atoms with Crippen molar-refractivity contribution in [2.45, 2.75) is 13.3 Å². The van der Waals surface area contributed by atoms with E-state index in [0.29, 0.717) is 112 Å². The van der Waals surface area contributed by atoms with Gasteiger partial charge >= 0.3 is 0 Å². The maximum atomic E-state index is 8.56. The number of aliphatic hydroxyl groups is 1. The second-order valence-corrected chi connectivity index (χ2v) is 7.47. The molecule has 0 heterocycles. The van der Waals surface area contributed by atoms with Crippen LogP contribution in [-0.2, 0) is 44.3 Å². The Balaban J connectivity index is 1.67. The minimum atomic E-state index is 0.0297. The van der Waals surface area contributed by atoms with Crippen LogP contribution < -0.4 is 4.74 Å². The fourth-order valence-electron chi connectivity index (χ4n) is 2.75. The summed E-state index contributed by atoms with van der Waals surface area (Å²) in [6.45, 7) is 10.7. The van der Waals surface area contributed by atoms with Crippen LogP contribution in [0.25, 0.3) is 0 Å². The van der Waals surface area contributed by atoms with Crippen molar-refractivity contribution >= 4 is 0 Å². The molecule has 0 aliphatic heterocycles. The van der Waals surface area contributed by atoms with E-state index in [0.717, 1.165) is 12.2 Å². The van der Waals surface area contributed by atoms with Crippen molar-refractivity contribution in [1.82, 2.24) is 0 Å². The number of hydrogen-bond acceptors (Lipinski definition) is 10. The molecule has 36 heavy (non-hydrogen) atoms. The summed E-state index contributed by atoms with van der Waals surface area (Å²) < 4.78 is 48.7. The van der Waals surface area contributed by atoms with E-state index in [9.17, 15) is 0 Å². The van der Waals surface area contributed by atoms with Crippen LogP contribution >= 0.6 is 0 Å². The van der Waals surface area contributed by atoms with Crippen molar-refractivity contribution in [2.75, 3.05) is 119 Å². The van der Waals surface area contributed by atoms with E-state index in [1.54, 1.807) is 0 Å². The Morgan fingerprint density at radius 2 is 0.750 bits per heavy atom. The van der Waals surface area contributed by atoms with Gasteiger partial charge in [-0.1, -0.05) is 19.1 Å². The first-order valence-corrected chi connectivity index (χ1v) is 12.8. The maximum absolute atomic E-state index is 8.56. The van der Waals surface area contributed by atoms with Gasteiger partial charge in [-0.05, 0) is 24.1 Å². The molecule has 1 aromatic rings. The van der Waals surface area contributed by atoms with E-state index in [4.69, 9.17) is 47.7 Å². The van der Waals surface area contributed by atoms with Crippen molar-refractivity contribution in [3.05, 3.63) is 29.8 Å². The van der Waals surface area contributed by atoms with Crippen LogP contribution in [0.4, 0.5) is 0 Å². The van der Waals surface area contributed by atoms with Crippen LogP contribution in [0.5, 0.6) is 5.75 Å². The molecule has 210 valence electrons. The van der Waals surface area contributed by atoms with Gasteiger partial charge in [0.25, 0.3) is 0 Å². The van der Waals surface area contributed by atoms with Gasteiger partial charge in [-0.25, -0.2) is 0 Å². The van der Waals surface area contributed by atoms with Gasteiger partial charge in [0.1, 0.15) is 12.4 Å². The average Bonchev–Trinajstić information content (AvgIpc) is 2.91. The number of aliphatic hydroxyl groups excluding tert-OH is 1. The average molecular weight is 519 g/mol. The van der Waals surface area contributed by atoms with Crippen LogP contribution in [0.3, 0.4) is 0 Å². The summed E-state index contributed by atoms with van der Waals surface area (Å²) in [7, 11) is 0. The summed E-state index contributed by atoms with van der Waals surface area (Å²) in [5, 5.41) is 8.56. The van der Waals surface area contributed by atoms with E-state index >= 15 is 0 Å². The van der Waals surface area contributed by atoms with Gasteiger partial charge < -0.3 is 47.7 Å². The summed E-state index contributed by atoms with van der Waals surface area (Å²) in [6, 6.07) is 8.12. The highest BCUT2D eigenvalue weighted by atomic mass is 16.6. The lowest BCUT2D eigenvalue weighted by Gasteiger charge is -2.09. The van der Waals surface area contributed by atoms with Gasteiger partial charge in [0, 0.05) is 0 Å². The number of rotatable bonds is 28. The van der Waals surface area contributed by atoms with Crippen LogP contribution in [0.15, 0.2) is 24.3 Å². The lowest BCUT2D eigenvalue weighted by atomic mass is 10.2. The molecule has 0 unspecified atom stereocenters. The Morgan fingerprint density at radius 1 is 0.444 bits per heavy atom. The Hall–Kier alpha value is -1.34. The van der Waals surface area contributed by atoms with E-state index in [1.165, 1.54) is 5.56 Å². The third kappa shape index (κ3) is 21.9. The van der Waals surface area contributed by atoms with E-state index in [-0.39, 0.29) is 6.61 Å². The minimum absolute atomic E-state index is 0.0297. The van der Waals surface area contributed by atoms with Gasteiger partial charge in [0.15, 0.2) is 0 Å². The van der Waals surface area contributed by atoms with E-state index in [1.807, 2.05) is 12.1 Å². The highest BCUT2D eigenvalue weighted by molar-refractivity contribution is 5.27. The Kier molecular flexibility index (Phi) is 24.3. The van der Waals surface area contributed by atoms with Gasteiger partial charge in [-0.2, -0.15) is 0 Å². The molecule has 1 rings (SSSR count). The van der Waals surface area contributed by atoms with Crippen LogP contribution in [0.1, 0.15) is 12.5 Å². The molecule has 0 amide bonds. The van der Waals surface area contributed by atoms with Crippen molar-refractivity contribution in [3.63, 3.8) is 0 Å². The van der Waals surface area contributed by atoms with Crippen molar-refractivity contribution < 1.29 is 47.7 Å². The van der Waals surface area contributed by atoms with Crippen LogP contribution in [-0.4, -0.2) is 124 Å². The summed E-state index contributed by atoms with van der Waals surface area (Å²) in [5.41, 5.74) is 1.30. The van der Waals surface area contributed by atoms with E-state index in [2.05, 4.69) is 19.1 Å². The predicted octanol–water partition coefficient (Wildman–Crippen LogP) is 1.75. The molecule has 0 atom stereocenters. The third-order valence-electron chi connectivity index (χ3n) is 4.67. The lowest BCUT2D eigenvalue weighted by Crippen LogP contribution is -2.15. The Labute approximate surface area is 216 Å². The molecule has 0 aromatic heterocycles. The summed E-state index contributed by atoms with van der Waals surface area (Å²) in [5.74, 6) is 0.863. The van der Waals surface area contributed by atoms with E-state index < -0.39 is 0 Å². The van der Waals surface area contributed by atoms with Gasteiger partial charge in [-0.15, -0.1) is 0 Å². The molecule has 10 heteroatoms. The number of aryl methyl sites for hydroxylation is 1. The number of benzene rings is 1. The van der Waals surface area contributed by atoms with Crippen LogP contribution in [0.2, 0.25) is 0 Å². The fraction of sp³-hybridized carbons (Fsp3) is 0.769. The highest BCUT2D eigenvalue weighted by Crippen LogP contribution is 2.12. The first kappa shape index (κ1) is 32.7. The molecule has 0 aliphatic carbocycles. The molecule has 0 fully saturated rings. The van der Waals surface area contributed by atoms with Gasteiger partial charge in [0.05, 0.1) is 112 Å². The van der Waals surface area contributed by atoms with Crippen molar-refractivity contribution in [3.8, 4) is 5.75 Å². The summed E-state index contributed by atoms with van der Waals surface area (Å²) in [6.07, 6.45) is 1.03. The third-order valence-corrected chi connectivity index (χ3v) is 4.67. The quantitative estimate of drug-likeness (QED) is 0.165. The standard InChI is InChI=1S/C26H46O10/c1-2-25-3-5-26(6-4-25)36-24-23-35-22-21-34-20-19-33-18-17-32-16-15-31-14-13-30-12-11-29-10-9-28-8-7-27/h3-6,27H,2,7-24H2,1H3. The fourth-order valence-corrected chi connectivity index (χ4v) is 2.75. The molecule has 0 bridgehead atoms. The smallest absolute Gasteiger partial charge is 0.119 e. The second kappa shape index (κ2) is 26.7. The van der Waals surface area contributed by atoms with Gasteiger partial charge in [-0.3, -0.25) is 0 Å². The lowest BCUT2D eigenvalue weighted by molar-refractivity contribution is -0.0242. The number of ether oxygens (including phenoxy) is 9.